The third kappa shape index (κ3) is 4.14. The van der Waals surface area contributed by atoms with Gasteiger partial charge in [0.15, 0.2) is 0 Å². The molecule has 0 aliphatic heterocycles. The summed E-state index contributed by atoms with van der Waals surface area (Å²) in [7, 11) is 0. The second kappa shape index (κ2) is 5.79. The maximum Gasteiger partial charge on any atom is 0.242 e. The van der Waals surface area contributed by atoms with Crippen molar-refractivity contribution < 1.29 is 9.59 Å². The molecule has 0 aliphatic carbocycles. The smallest absolute Gasteiger partial charge is 0.242 e. The molecule has 0 radical (unpaired) electrons. The van der Waals surface area contributed by atoms with Gasteiger partial charge in [0.1, 0.15) is 5.54 Å². The Balaban J connectivity index is 4.65. The molecule has 0 aliphatic rings. The van der Waals surface area contributed by atoms with Gasteiger partial charge in [0.05, 0.1) is 10.9 Å². The van der Waals surface area contributed by atoms with E-state index in [0.717, 1.165) is 6.42 Å². The minimum absolute atomic E-state index is 0.139. The number of amides is 2. The molecule has 0 aromatic carbocycles. The van der Waals surface area contributed by atoms with Crippen LogP contribution in [-0.2, 0) is 9.59 Å². The van der Waals surface area contributed by atoms with Crippen molar-refractivity contribution in [2.45, 2.75) is 39.2 Å². The summed E-state index contributed by atoms with van der Waals surface area (Å²) in [6.07, 6.45) is 1.35. The van der Waals surface area contributed by atoms with Crippen molar-refractivity contribution in [3.63, 3.8) is 0 Å². The molecule has 2 amide bonds. The molecule has 5 N–H and O–H groups in total. The van der Waals surface area contributed by atoms with Crippen molar-refractivity contribution in [1.82, 2.24) is 5.32 Å². The van der Waals surface area contributed by atoms with Crippen LogP contribution in [0.2, 0.25) is 0 Å². The summed E-state index contributed by atoms with van der Waals surface area (Å²) in [6.45, 7) is 5.00. The largest absolute Gasteiger partial charge is 0.393 e. The molecule has 0 saturated heterocycles. The standard InChI is InChI=1S/C10H19N3O2S/c1-4-5-6(7(11)16)8(14)13-10(2,3)9(12)15/h6H,4-5H2,1-3H3,(H2,11,16)(H2,12,15)(H,13,14). The molecule has 0 aromatic heterocycles. The molecule has 0 rings (SSSR count). The normalized spacial score (nSPS) is 12.9. The van der Waals surface area contributed by atoms with Gasteiger partial charge in [-0.05, 0) is 20.3 Å². The van der Waals surface area contributed by atoms with Gasteiger partial charge in [-0.15, -0.1) is 0 Å². The highest BCUT2D eigenvalue weighted by Gasteiger charge is 2.30. The zero-order valence-corrected chi connectivity index (χ0v) is 10.7. The maximum atomic E-state index is 11.8. The zero-order chi connectivity index (χ0) is 12.9. The van der Waals surface area contributed by atoms with E-state index in [2.05, 4.69) is 5.32 Å². The van der Waals surface area contributed by atoms with Crippen molar-refractivity contribution in [2.24, 2.45) is 17.4 Å². The van der Waals surface area contributed by atoms with E-state index in [1.54, 1.807) is 0 Å². The van der Waals surface area contributed by atoms with Gasteiger partial charge in [-0.2, -0.15) is 0 Å². The molecule has 6 heteroatoms. The Morgan fingerprint density at radius 1 is 1.38 bits per heavy atom. The molecule has 0 bridgehead atoms. The van der Waals surface area contributed by atoms with E-state index < -0.39 is 17.4 Å². The topological polar surface area (TPSA) is 98.2 Å². The van der Waals surface area contributed by atoms with Crippen LogP contribution in [0.4, 0.5) is 0 Å². The van der Waals surface area contributed by atoms with Crippen molar-refractivity contribution in [3.05, 3.63) is 0 Å². The lowest BCUT2D eigenvalue weighted by Crippen LogP contribution is -2.55. The minimum Gasteiger partial charge on any atom is -0.393 e. The molecule has 0 heterocycles. The van der Waals surface area contributed by atoms with E-state index in [4.69, 9.17) is 23.7 Å². The van der Waals surface area contributed by atoms with Gasteiger partial charge in [0, 0.05) is 0 Å². The number of carbonyl (C=O) groups excluding carboxylic acids is 2. The van der Waals surface area contributed by atoms with Gasteiger partial charge in [0.2, 0.25) is 11.8 Å². The summed E-state index contributed by atoms with van der Waals surface area (Å²) >= 11 is 4.81. The van der Waals surface area contributed by atoms with Crippen LogP contribution in [0.3, 0.4) is 0 Å². The number of nitrogens with two attached hydrogens (primary N) is 2. The van der Waals surface area contributed by atoms with E-state index in [9.17, 15) is 9.59 Å². The first-order valence-corrected chi connectivity index (χ1v) is 5.54. The van der Waals surface area contributed by atoms with Crippen LogP contribution in [0.15, 0.2) is 0 Å². The Morgan fingerprint density at radius 3 is 2.19 bits per heavy atom. The van der Waals surface area contributed by atoms with Gasteiger partial charge in [-0.3, -0.25) is 9.59 Å². The summed E-state index contributed by atoms with van der Waals surface area (Å²) in [5.41, 5.74) is 9.53. The van der Waals surface area contributed by atoms with E-state index >= 15 is 0 Å². The lowest BCUT2D eigenvalue weighted by Gasteiger charge is -2.25. The predicted octanol–water partition coefficient (Wildman–Crippen LogP) is 0.0689. The molecule has 0 spiro atoms. The highest BCUT2D eigenvalue weighted by Crippen LogP contribution is 2.10. The van der Waals surface area contributed by atoms with Crippen LogP contribution in [0.1, 0.15) is 33.6 Å². The SMILES string of the molecule is CCCC(C(=O)NC(C)(C)C(N)=O)C(N)=S. The lowest BCUT2D eigenvalue weighted by atomic mass is 9.99. The van der Waals surface area contributed by atoms with Crippen molar-refractivity contribution in [2.75, 3.05) is 0 Å². The third-order valence-corrected chi connectivity index (χ3v) is 2.57. The average molecular weight is 245 g/mol. The second-order valence-electron chi connectivity index (χ2n) is 4.22. The number of thiocarbonyl (C=S) groups is 1. The molecular formula is C10H19N3O2S. The average Bonchev–Trinajstić information content (AvgIpc) is 2.12. The molecule has 0 saturated carbocycles. The molecule has 16 heavy (non-hydrogen) atoms. The van der Waals surface area contributed by atoms with E-state index in [1.165, 1.54) is 13.8 Å². The fourth-order valence-electron chi connectivity index (χ4n) is 1.15. The van der Waals surface area contributed by atoms with Gasteiger partial charge in [0.25, 0.3) is 0 Å². The first kappa shape index (κ1) is 14.8. The number of hydrogen-bond acceptors (Lipinski definition) is 3. The summed E-state index contributed by atoms with van der Waals surface area (Å²) in [5.74, 6) is -1.49. The number of primary amides is 1. The van der Waals surface area contributed by atoms with Crippen LogP contribution >= 0.6 is 12.2 Å². The molecule has 0 aromatic rings. The van der Waals surface area contributed by atoms with Crippen LogP contribution in [0.25, 0.3) is 0 Å². The highest BCUT2D eigenvalue weighted by molar-refractivity contribution is 7.80. The van der Waals surface area contributed by atoms with Gasteiger partial charge in [-0.1, -0.05) is 25.6 Å². The molecule has 0 fully saturated rings. The lowest BCUT2D eigenvalue weighted by molar-refractivity contribution is -0.131. The van der Waals surface area contributed by atoms with E-state index in [1.807, 2.05) is 6.92 Å². The quantitative estimate of drug-likeness (QED) is 0.577. The molecule has 1 atom stereocenters. The fourth-order valence-corrected chi connectivity index (χ4v) is 1.37. The van der Waals surface area contributed by atoms with Crippen LogP contribution < -0.4 is 16.8 Å². The predicted molar refractivity (Wildman–Crippen MR) is 66.6 cm³/mol. The molecular weight excluding hydrogens is 226 g/mol. The van der Waals surface area contributed by atoms with Crippen molar-refractivity contribution >= 4 is 29.0 Å². The Labute approximate surface area is 101 Å². The van der Waals surface area contributed by atoms with E-state index in [0.29, 0.717) is 6.42 Å². The Hall–Kier alpha value is -1.17. The van der Waals surface area contributed by atoms with Crippen molar-refractivity contribution in [3.8, 4) is 0 Å². The van der Waals surface area contributed by atoms with Gasteiger partial charge >= 0.3 is 0 Å². The van der Waals surface area contributed by atoms with Crippen molar-refractivity contribution in [1.29, 1.82) is 0 Å². The van der Waals surface area contributed by atoms with Crippen LogP contribution in [-0.4, -0.2) is 22.3 Å². The fraction of sp³-hybridized carbons (Fsp3) is 0.700. The molecule has 1 unspecified atom stereocenters. The Bertz CT molecular complexity index is 302. The molecule has 5 nitrogen and oxygen atoms in total. The first-order chi connectivity index (χ1) is 7.22. The number of carbonyl (C=O) groups is 2. The first-order valence-electron chi connectivity index (χ1n) is 5.13. The summed E-state index contributed by atoms with van der Waals surface area (Å²) in [5, 5.41) is 2.54. The van der Waals surface area contributed by atoms with E-state index in [-0.39, 0.29) is 10.9 Å². The summed E-state index contributed by atoms with van der Waals surface area (Å²) in [6, 6.07) is 0. The summed E-state index contributed by atoms with van der Waals surface area (Å²) < 4.78 is 0. The number of hydrogen-bond donors (Lipinski definition) is 3. The van der Waals surface area contributed by atoms with Gasteiger partial charge in [-0.25, -0.2) is 0 Å². The maximum absolute atomic E-state index is 11.8. The highest BCUT2D eigenvalue weighted by atomic mass is 32.1. The second-order valence-corrected chi connectivity index (χ2v) is 4.69. The third-order valence-electron chi connectivity index (χ3n) is 2.29. The Morgan fingerprint density at radius 2 is 1.88 bits per heavy atom. The number of rotatable bonds is 6. The zero-order valence-electron chi connectivity index (χ0n) is 9.87. The van der Waals surface area contributed by atoms with Gasteiger partial charge < -0.3 is 16.8 Å². The monoisotopic (exact) mass is 245 g/mol. The minimum atomic E-state index is -1.09. The number of nitrogens with one attached hydrogen (secondary N) is 1. The molecule has 92 valence electrons. The summed E-state index contributed by atoms with van der Waals surface area (Å²) in [4.78, 5) is 23.0. The van der Waals surface area contributed by atoms with Crippen LogP contribution in [0.5, 0.6) is 0 Å². The Kier molecular flexibility index (Phi) is 5.37. The van der Waals surface area contributed by atoms with Crippen LogP contribution in [0, 0.1) is 5.92 Å².